The van der Waals surface area contributed by atoms with Crippen molar-refractivity contribution in [3.8, 4) is 17.2 Å². The maximum atomic E-state index is 10.4. The van der Waals surface area contributed by atoms with E-state index in [1.807, 2.05) is 36.4 Å². The van der Waals surface area contributed by atoms with Gasteiger partial charge in [0.15, 0.2) is 0 Å². The van der Waals surface area contributed by atoms with Crippen molar-refractivity contribution >= 4 is 0 Å². The van der Waals surface area contributed by atoms with Gasteiger partial charge in [-0.1, -0.05) is 12.1 Å². The molecular formula is C17H20O4. The number of rotatable bonds is 6. The summed E-state index contributed by atoms with van der Waals surface area (Å²) in [5.74, 6) is 2.10. The van der Waals surface area contributed by atoms with Crippen molar-refractivity contribution in [3.63, 3.8) is 0 Å². The normalized spacial score (nSPS) is 11.8. The lowest BCUT2D eigenvalue weighted by atomic mass is 10.0. The Balaban J connectivity index is 2.20. The highest BCUT2D eigenvalue weighted by Crippen LogP contribution is 2.28. The molecule has 4 heteroatoms. The molecule has 0 bridgehead atoms. The van der Waals surface area contributed by atoms with E-state index in [2.05, 4.69) is 0 Å². The summed E-state index contributed by atoms with van der Waals surface area (Å²) >= 11 is 0. The molecule has 0 aromatic heterocycles. The van der Waals surface area contributed by atoms with Crippen LogP contribution in [0.4, 0.5) is 0 Å². The molecule has 0 amide bonds. The molecule has 2 aromatic rings. The van der Waals surface area contributed by atoms with E-state index in [1.54, 1.807) is 27.4 Å². The van der Waals surface area contributed by atoms with Crippen LogP contribution in [-0.4, -0.2) is 26.4 Å². The number of hydrogen-bond donors (Lipinski definition) is 1. The lowest BCUT2D eigenvalue weighted by Crippen LogP contribution is -2.03. The fourth-order valence-electron chi connectivity index (χ4n) is 2.16. The SMILES string of the molecule is COc1cccc(CC(O)c2cc(OC)cc(OC)c2)c1. The van der Waals surface area contributed by atoms with E-state index in [0.29, 0.717) is 17.9 Å². The number of aliphatic hydroxyl groups excluding tert-OH is 1. The zero-order valence-corrected chi connectivity index (χ0v) is 12.5. The Morgan fingerprint density at radius 1 is 0.857 bits per heavy atom. The summed E-state index contributed by atoms with van der Waals surface area (Å²) in [4.78, 5) is 0. The van der Waals surface area contributed by atoms with Gasteiger partial charge in [-0.15, -0.1) is 0 Å². The second-order valence-corrected chi connectivity index (χ2v) is 4.72. The zero-order valence-electron chi connectivity index (χ0n) is 12.5. The van der Waals surface area contributed by atoms with Crippen molar-refractivity contribution in [2.24, 2.45) is 0 Å². The van der Waals surface area contributed by atoms with Gasteiger partial charge in [-0.3, -0.25) is 0 Å². The van der Waals surface area contributed by atoms with Crippen LogP contribution >= 0.6 is 0 Å². The molecule has 1 N–H and O–H groups in total. The molecule has 0 aliphatic rings. The van der Waals surface area contributed by atoms with Gasteiger partial charge in [-0.2, -0.15) is 0 Å². The van der Waals surface area contributed by atoms with Gasteiger partial charge in [0.05, 0.1) is 27.4 Å². The van der Waals surface area contributed by atoms with E-state index >= 15 is 0 Å². The minimum atomic E-state index is -0.638. The molecule has 1 atom stereocenters. The highest BCUT2D eigenvalue weighted by molar-refractivity contribution is 5.40. The standard InChI is InChI=1S/C17H20O4/c1-19-14-6-4-5-12(7-14)8-17(18)13-9-15(20-2)11-16(10-13)21-3/h4-7,9-11,17-18H,8H2,1-3H3. The van der Waals surface area contributed by atoms with Crippen LogP contribution in [0.5, 0.6) is 17.2 Å². The molecule has 2 rings (SSSR count). The molecular weight excluding hydrogens is 268 g/mol. The minimum Gasteiger partial charge on any atom is -0.497 e. The van der Waals surface area contributed by atoms with E-state index in [0.717, 1.165) is 16.9 Å². The monoisotopic (exact) mass is 288 g/mol. The zero-order chi connectivity index (χ0) is 15.2. The largest absolute Gasteiger partial charge is 0.497 e. The molecule has 1 unspecified atom stereocenters. The summed E-state index contributed by atoms with van der Waals surface area (Å²) in [5, 5.41) is 10.4. The van der Waals surface area contributed by atoms with Crippen molar-refractivity contribution in [2.75, 3.05) is 21.3 Å². The maximum absolute atomic E-state index is 10.4. The van der Waals surface area contributed by atoms with Gasteiger partial charge >= 0.3 is 0 Å². The molecule has 0 aliphatic heterocycles. The maximum Gasteiger partial charge on any atom is 0.122 e. The highest BCUT2D eigenvalue weighted by atomic mass is 16.5. The fourth-order valence-corrected chi connectivity index (χ4v) is 2.16. The van der Waals surface area contributed by atoms with Gasteiger partial charge in [0.1, 0.15) is 17.2 Å². The highest BCUT2D eigenvalue weighted by Gasteiger charge is 2.12. The van der Waals surface area contributed by atoms with E-state index in [-0.39, 0.29) is 0 Å². The number of benzene rings is 2. The van der Waals surface area contributed by atoms with Crippen LogP contribution in [0.2, 0.25) is 0 Å². The third-order valence-corrected chi connectivity index (χ3v) is 3.32. The van der Waals surface area contributed by atoms with Gasteiger partial charge in [-0.05, 0) is 35.4 Å². The van der Waals surface area contributed by atoms with Crippen molar-refractivity contribution in [3.05, 3.63) is 53.6 Å². The van der Waals surface area contributed by atoms with Crippen molar-refractivity contribution in [2.45, 2.75) is 12.5 Å². The van der Waals surface area contributed by atoms with Crippen molar-refractivity contribution in [1.82, 2.24) is 0 Å². The van der Waals surface area contributed by atoms with Crippen molar-refractivity contribution in [1.29, 1.82) is 0 Å². The van der Waals surface area contributed by atoms with Gasteiger partial charge < -0.3 is 19.3 Å². The molecule has 0 fully saturated rings. The molecule has 0 saturated heterocycles. The average molecular weight is 288 g/mol. The second-order valence-electron chi connectivity index (χ2n) is 4.72. The first-order chi connectivity index (χ1) is 10.2. The van der Waals surface area contributed by atoms with Crippen LogP contribution in [0.1, 0.15) is 17.2 Å². The second kappa shape index (κ2) is 6.99. The summed E-state index contributed by atoms with van der Waals surface area (Å²) in [6.07, 6.45) is -0.144. The Hall–Kier alpha value is -2.20. The Kier molecular flexibility index (Phi) is 5.06. The summed E-state index contributed by atoms with van der Waals surface area (Å²) in [6, 6.07) is 13.1. The number of ether oxygens (including phenoxy) is 3. The number of aliphatic hydroxyl groups is 1. The quantitative estimate of drug-likeness (QED) is 0.887. The number of methoxy groups -OCH3 is 3. The summed E-state index contributed by atoms with van der Waals surface area (Å²) in [5.41, 5.74) is 1.76. The Labute approximate surface area is 124 Å². The molecule has 2 aromatic carbocycles. The predicted octanol–water partition coefficient (Wildman–Crippen LogP) is 2.99. The van der Waals surface area contributed by atoms with E-state index in [1.165, 1.54) is 0 Å². The molecule has 112 valence electrons. The number of hydrogen-bond acceptors (Lipinski definition) is 4. The van der Waals surface area contributed by atoms with E-state index < -0.39 is 6.10 Å². The van der Waals surface area contributed by atoms with E-state index in [4.69, 9.17) is 14.2 Å². The molecule has 21 heavy (non-hydrogen) atoms. The third kappa shape index (κ3) is 3.89. The van der Waals surface area contributed by atoms with Gasteiger partial charge in [-0.25, -0.2) is 0 Å². The predicted molar refractivity (Wildman–Crippen MR) is 81.2 cm³/mol. The average Bonchev–Trinajstić information content (AvgIpc) is 2.54. The van der Waals surface area contributed by atoms with Crippen molar-refractivity contribution < 1.29 is 19.3 Å². The molecule has 0 spiro atoms. The summed E-state index contributed by atoms with van der Waals surface area (Å²) in [7, 11) is 4.81. The van der Waals surface area contributed by atoms with Crippen LogP contribution in [-0.2, 0) is 6.42 Å². The first-order valence-corrected chi connectivity index (χ1v) is 6.70. The Morgan fingerprint density at radius 2 is 1.48 bits per heavy atom. The lowest BCUT2D eigenvalue weighted by molar-refractivity contribution is 0.177. The van der Waals surface area contributed by atoms with Crippen LogP contribution in [0.25, 0.3) is 0 Å². The summed E-state index contributed by atoms with van der Waals surface area (Å²) in [6.45, 7) is 0. The van der Waals surface area contributed by atoms with Crippen LogP contribution < -0.4 is 14.2 Å². The lowest BCUT2D eigenvalue weighted by Gasteiger charge is -2.14. The topological polar surface area (TPSA) is 47.9 Å². The smallest absolute Gasteiger partial charge is 0.122 e. The molecule has 4 nitrogen and oxygen atoms in total. The van der Waals surface area contributed by atoms with Gasteiger partial charge in [0.25, 0.3) is 0 Å². The first kappa shape index (κ1) is 15.2. The first-order valence-electron chi connectivity index (χ1n) is 6.70. The molecule has 0 heterocycles. The summed E-state index contributed by atoms with van der Waals surface area (Å²) < 4.78 is 15.6. The minimum absolute atomic E-state index is 0.494. The van der Waals surface area contributed by atoms with Crippen LogP contribution in [0.15, 0.2) is 42.5 Å². The molecule has 0 aliphatic carbocycles. The third-order valence-electron chi connectivity index (χ3n) is 3.32. The van der Waals surface area contributed by atoms with E-state index in [9.17, 15) is 5.11 Å². The molecule has 0 radical (unpaired) electrons. The van der Waals surface area contributed by atoms with Gasteiger partial charge in [0.2, 0.25) is 0 Å². The molecule has 0 saturated carbocycles. The Bertz CT molecular complexity index is 573. The van der Waals surface area contributed by atoms with Gasteiger partial charge in [0, 0.05) is 12.5 Å². The van der Waals surface area contributed by atoms with Crippen LogP contribution in [0.3, 0.4) is 0 Å². The fraction of sp³-hybridized carbons (Fsp3) is 0.294. The van der Waals surface area contributed by atoms with Crippen LogP contribution in [0, 0.1) is 0 Å². The Morgan fingerprint density at radius 3 is 2.05 bits per heavy atom.